The third kappa shape index (κ3) is 3.50. The van der Waals surface area contributed by atoms with Crippen LogP contribution in [0.5, 0.6) is 0 Å². The fourth-order valence-corrected chi connectivity index (χ4v) is 2.38. The Hall–Kier alpha value is -1.03. The van der Waals surface area contributed by atoms with Gasteiger partial charge < -0.3 is 14.5 Å². The number of nitrogens with one attached hydrogen (secondary N) is 1. The van der Waals surface area contributed by atoms with Crippen molar-refractivity contribution in [3.63, 3.8) is 0 Å². The highest BCUT2D eigenvalue weighted by atomic mass is 35.5. The Morgan fingerprint density at radius 3 is 2.89 bits per heavy atom. The van der Waals surface area contributed by atoms with Gasteiger partial charge in [0.25, 0.3) is 0 Å². The summed E-state index contributed by atoms with van der Waals surface area (Å²) < 4.78 is 11.3. The van der Waals surface area contributed by atoms with E-state index in [0.717, 1.165) is 42.9 Å². The van der Waals surface area contributed by atoms with Crippen molar-refractivity contribution in [3.8, 4) is 0 Å². The molecule has 0 amide bonds. The Morgan fingerprint density at radius 1 is 1.37 bits per heavy atom. The van der Waals surface area contributed by atoms with Crippen LogP contribution in [-0.2, 0) is 4.74 Å². The van der Waals surface area contributed by atoms with Gasteiger partial charge in [-0.05, 0) is 32.0 Å². The maximum atomic E-state index is 6.14. The van der Waals surface area contributed by atoms with Gasteiger partial charge >= 0.3 is 0 Å². The van der Waals surface area contributed by atoms with E-state index in [4.69, 9.17) is 20.8 Å². The minimum Gasteiger partial charge on any atom is -0.458 e. The van der Waals surface area contributed by atoms with Crippen LogP contribution in [0.15, 0.2) is 28.7 Å². The molecule has 0 spiro atoms. The Labute approximate surface area is 118 Å². The summed E-state index contributed by atoms with van der Waals surface area (Å²) in [6.45, 7) is 6.44. The van der Waals surface area contributed by atoms with E-state index in [1.807, 2.05) is 25.1 Å². The van der Waals surface area contributed by atoms with Crippen molar-refractivity contribution >= 4 is 22.6 Å². The van der Waals surface area contributed by atoms with Crippen molar-refractivity contribution in [2.24, 2.45) is 0 Å². The molecule has 19 heavy (non-hydrogen) atoms. The van der Waals surface area contributed by atoms with Crippen molar-refractivity contribution in [1.29, 1.82) is 0 Å². The zero-order chi connectivity index (χ0) is 13.7. The lowest BCUT2D eigenvalue weighted by molar-refractivity contribution is 0.134. The summed E-state index contributed by atoms with van der Waals surface area (Å²) in [6, 6.07) is 8.02. The first kappa shape index (κ1) is 14.4. The van der Waals surface area contributed by atoms with E-state index in [0.29, 0.717) is 5.02 Å². The second-order valence-corrected chi connectivity index (χ2v) is 4.81. The zero-order valence-electron chi connectivity index (χ0n) is 11.4. The molecular formula is C15H20ClNO2. The van der Waals surface area contributed by atoms with Crippen LogP contribution < -0.4 is 5.32 Å². The average Bonchev–Trinajstić information content (AvgIpc) is 2.83. The topological polar surface area (TPSA) is 34.4 Å². The number of para-hydroxylation sites is 1. The summed E-state index contributed by atoms with van der Waals surface area (Å²) in [5.74, 6) is 0.921. The minimum atomic E-state index is 0.167. The average molecular weight is 282 g/mol. The largest absolute Gasteiger partial charge is 0.458 e. The zero-order valence-corrected chi connectivity index (χ0v) is 12.2. The number of rotatable bonds is 7. The van der Waals surface area contributed by atoms with Gasteiger partial charge in [0.1, 0.15) is 5.76 Å². The third-order valence-corrected chi connectivity index (χ3v) is 3.36. The van der Waals surface area contributed by atoms with E-state index < -0.39 is 0 Å². The van der Waals surface area contributed by atoms with Crippen molar-refractivity contribution in [1.82, 2.24) is 5.32 Å². The summed E-state index contributed by atoms with van der Waals surface area (Å²) in [6.07, 6.45) is 0.888. The summed E-state index contributed by atoms with van der Waals surface area (Å²) in [7, 11) is 0. The number of hydrogen-bond acceptors (Lipinski definition) is 3. The number of fused-ring (bicyclic) bond motifs is 1. The van der Waals surface area contributed by atoms with Crippen LogP contribution in [0.25, 0.3) is 11.0 Å². The normalized spacial score (nSPS) is 13.0. The highest BCUT2D eigenvalue weighted by Crippen LogP contribution is 2.30. The van der Waals surface area contributed by atoms with E-state index >= 15 is 0 Å². The molecule has 1 unspecified atom stereocenters. The Balaban J connectivity index is 2.20. The summed E-state index contributed by atoms with van der Waals surface area (Å²) in [5.41, 5.74) is 0.762. The molecule has 0 aliphatic carbocycles. The lowest BCUT2D eigenvalue weighted by Crippen LogP contribution is -2.21. The van der Waals surface area contributed by atoms with Gasteiger partial charge in [-0.1, -0.05) is 30.7 Å². The molecule has 1 heterocycles. The van der Waals surface area contributed by atoms with Crippen LogP contribution in [0, 0.1) is 0 Å². The molecule has 2 aromatic rings. The smallest absolute Gasteiger partial charge is 0.152 e. The first-order valence-electron chi connectivity index (χ1n) is 6.75. The van der Waals surface area contributed by atoms with E-state index in [1.165, 1.54) is 0 Å². The van der Waals surface area contributed by atoms with Crippen LogP contribution >= 0.6 is 11.6 Å². The summed E-state index contributed by atoms with van der Waals surface area (Å²) in [4.78, 5) is 0. The van der Waals surface area contributed by atoms with Crippen LogP contribution in [0.4, 0.5) is 0 Å². The SMILES string of the molecule is CCNC(CCOCC)c1cc2cccc(Cl)c2o1. The van der Waals surface area contributed by atoms with E-state index in [-0.39, 0.29) is 6.04 Å². The van der Waals surface area contributed by atoms with Gasteiger partial charge in [-0.2, -0.15) is 0 Å². The molecule has 4 heteroatoms. The predicted octanol–water partition coefficient (Wildman–Crippen LogP) is 4.16. The fraction of sp³-hybridized carbons (Fsp3) is 0.467. The second kappa shape index (κ2) is 6.94. The molecule has 0 fully saturated rings. The van der Waals surface area contributed by atoms with Gasteiger partial charge in [0, 0.05) is 18.6 Å². The molecule has 1 atom stereocenters. The van der Waals surface area contributed by atoms with Gasteiger partial charge in [-0.15, -0.1) is 0 Å². The van der Waals surface area contributed by atoms with Crippen LogP contribution in [0.2, 0.25) is 5.02 Å². The van der Waals surface area contributed by atoms with Crippen LogP contribution in [0.3, 0.4) is 0 Å². The molecule has 104 valence electrons. The summed E-state index contributed by atoms with van der Waals surface area (Å²) in [5, 5.41) is 5.12. The van der Waals surface area contributed by atoms with Crippen molar-refractivity contribution in [2.45, 2.75) is 26.3 Å². The Bertz CT molecular complexity index is 524. The first-order valence-corrected chi connectivity index (χ1v) is 7.13. The molecule has 1 N–H and O–H groups in total. The molecule has 0 bridgehead atoms. The lowest BCUT2D eigenvalue weighted by Gasteiger charge is -2.15. The molecule has 0 aliphatic rings. The molecule has 2 rings (SSSR count). The molecule has 0 saturated carbocycles. The van der Waals surface area contributed by atoms with Gasteiger partial charge in [-0.3, -0.25) is 0 Å². The van der Waals surface area contributed by atoms with Crippen LogP contribution in [0.1, 0.15) is 32.1 Å². The molecule has 1 aromatic carbocycles. The monoisotopic (exact) mass is 281 g/mol. The number of halogens is 1. The standard InChI is InChI=1S/C15H20ClNO2/c1-3-17-13(8-9-18-4-2)14-10-11-6-5-7-12(16)15(11)19-14/h5-7,10,13,17H,3-4,8-9H2,1-2H3. The highest BCUT2D eigenvalue weighted by Gasteiger charge is 2.16. The maximum absolute atomic E-state index is 6.14. The number of hydrogen-bond donors (Lipinski definition) is 1. The van der Waals surface area contributed by atoms with Gasteiger partial charge in [0.15, 0.2) is 5.58 Å². The Kier molecular flexibility index (Phi) is 5.25. The van der Waals surface area contributed by atoms with E-state index in [2.05, 4.69) is 18.3 Å². The number of ether oxygens (including phenoxy) is 1. The van der Waals surface area contributed by atoms with E-state index in [1.54, 1.807) is 0 Å². The van der Waals surface area contributed by atoms with Crippen molar-refractivity contribution < 1.29 is 9.15 Å². The maximum Gasteiger partial charge on any atom is 0.152 e. The molecule has 0 saturated heterocycles. The molecule has 3 nitrogen and oxygen atoms in total. The number of furan rings is 1. The van der Waals surface area contributed by atoms with Crippen LogP contribution in [-0.4, -0.2) is 19.8 Å². The molecule has 0 aliphatic heterocycles. The Morgan fingerprint density at radius 2 is 2.21 bits per heavy atom. The molecular weight excluding hydrogens is 262 g/mol. The van der Waals surface area contributed by atoms with Gasteiger partial charge in [0.05, 0.1) is 11.1 Å². The molecule has 1 aromatic heterocycles. The predicted molar refractivity (Wildman–Crippen MR) is 78.8 cm³/mol. The van der Waals surface area contributed by atoms with E-state index in [9.17, 15) is 0 Å². The highest BCUT2D eigenvalue weighted by molar-refractivity contribution is 6.34. The van der Waals surface area contributed by atoms with Crippen molar-refractivity contribution in [2.75, 3.05) is 19.8 Å². The van der Waals surface area contributed by atoms with Gasteiger partial charge in [-0.25, -0.2) is 0 Å². The second-order valence-electron chi connectivity index (χ2n) is 4.40. The third-order valence-electron chi connectivity index (χ3n) is 3.06. The van der Waals surface area contributed by atoms with Crippen molar-refractivity contribution in [3.05, 3.63) is 35.0 Å². The van der Waals surface area contributed by atoms with Gasteiger partial charge in [0.2, 0.25) is 0 Å². The summed E-state index contributed by atoms with van der Waals surface area (Å²) >= 11 is 6.14. The number of benzene rings is 1. The minimum absolute atomic E-state index is 0.167. The first-order chi connectivity index (χ1) is 9.26. The quantitative estimate of drug-likeness (QED) is 0.774. The molecule has 0 radical (unpaired) electrons. The fourth-order valence-electron chi connectivity index (χ4n) is 2.16. The lowest BCUT2D eigenvalue weighted by atomic mass is 10.1.